The molecule has 0 spiro atoms. The second-order valence-electron chi connectivity index (χ2n) is 9.19. The van der Waals surface area contributed by atoms with Crippen LogP contribution in [0.4, 0.5) is 5.13 Å². The number of rotatable bonds is 11. The molecular weight excluding hydrogens is 544 g/mol. The molecule has 1 amide bonds. The molecule has 0 radical (unpaired) electrons. The van der Waals surface area contributed by atoms with Crippen molar-refractivity contribution in [1.29, 1.82) is 5.26 Å². The number of anilines is 1. The number of carbonyl (C=O) groups is 1. The Bertz CT molecular complexity index is 1470. The molecule has 1 aromatic heterocycles. The maximum absolute atomic E-state index is 13.6. The Balaban J connectivity index is 1.32. The Morgan fingerprint density at radius 1 is 1.05 bits per heavy atom. The number of amides is 1. The van der Waals surface area contributed by atoms with Gasteiger partial charge in [0.05, 0.1) is 49.3 Å². The van der Waals surface area contributed by atoms with Gasteiger partial charge in [0.15, 0.2) is 16.6 Å². The van der Waals surface area contributed by atoms with Crippen molar-refractivity contribution in [2.75, 3.05) is 59.0 Å². The molecule has 1 N–H and O–H groups in total. The lowest BCUT2D eigenvalue weighted by Crippen LogP contribution is -2.38. The smallest absolute Gasteiger partial charge is 0.271 e. The molecule has 1 fully saturated rings. The monoisotopic (exact) mass is 574 g/mol. The molecule has 2 heterocycles. The van der Waals surface area contributed by atoms with Crippen LogP contribution in [0.1, 0.15) is 17.2 Å². The summed E-state index contributed by atoms with van der Waals surface area (Å²) in [6, 6.07) is 19.6. The van der Waals surface area contributed by atoms with Crippen molar-refractivity contribution in [3.05, 3.63) is 71.8 Å². The van der Waals surface area contributed by atoms with Gasteiger partial charge in [0.25, 0.3) is 5.91 Å². The fourth-order valence-electron chi connectivity index (χ4n) is 4.35. The molecule has 0 saturated carbocycles. The van der Waals surface area contributed by atoms with E-state index in [1.807, 2.05) is 30.3 Å². The lowest BCUT2D eigenvalue weighted by Gasteiger charge is -2.26. The first-order chi connectivity index (χ1) is 20.1. The summed E-state index contributed by atoms with van der Waals surface area (Å²) < 4.78 is 29.1. The Morgan fingerprint density at radius 3 is 2.41 bits per heavy atom. The lowest BCUT2D eigenvalue weighted by molar-refractivity contribution is -0.123. The van der Waals surface area contributed by atoms with Crippen molar-refractivity contribution >= 4 is 32.6 Å². The van der Waals surface area contributed by atoms with Crippen LogP contribution >= 0.6 is 11.3 Å². The molecule has 1 aliphatic heterocycles. The number of aromatic nitrogens is 1. The highest BCUT2D eigenvalue weighted by atomic mass is 32.1. The number of nitrogens with one attached hydrogen (secondary N) is 1. The lowest BCUT2D eigenvalue weighted by atomic mass is 10.1. The van der Waals surface area contributed by atoms with Crippen LogP contribution < -0.4 is 24.3 Å². The van der Waals surface area contributed by atoms with Gasteiger partial charge in [0.2, 0.25) is 6.10 Å². The normalized spacial score (nSPS) is 14.2. The molecule has 0 bridgehead atoms. The van der Waals surface area contributed by atoms with Gasteiger partial charge in [-0.1, -0.05) is 23.5 Å². The molecule has 10 nitrogen and oxygen atoms in total. The van der Waals surface area contributed by atoms with Gasteiger partial charge in [-0.25, -0.2) is 4.98 Å². The van der Waals surface area contributed by atoms with Crippen molar-refractivity contribution in [2.45, 2.75) is 6.10 Å². The average Bonchev–Trinajstić information content (AvgIpc) is 3.41. The van der Waals surface area contributed by atoms with E-state index in [-0.39, 0.29) is 0 Å². The maximum atomic E-state index is 13.6. The van der Waals surface area contributed by atoms with Crippen molar-refractivity contribution in [1.82, 2.24) is 9.88 Å². The van der Waals surface area contributed by atoms with Gasteiger partial charge in [0.1, 0.15) is 18.1 Å². The Labute approximate surface area is 242 Å². The van der Waals surface area contributed by atoms with Crippen LogP contribution in [0.15, 0.2) is 60.7 Å². The fourth-order valence-corrected chi connectivity index (χ4v) is 5.23. The van der Waals surface area contributed by atoms with E-state index in [0.29, 0.717) is 51.4 Å². The van der Waals surface area contributed by atoms with Gasteiger partial charge in [-0.3, -0.25) is 15.0 Å². The second kappa shape index (κ2) is 13.3. The molecule has 3 aromatic carbocycles. The van der Waals surface area contributed by atoms with E-state index in [4.69, 9.17) is 28.9 Å². The first kappa shape index (κ1) is 28.2. The second-order valence-corrected chi connectivity index (χ2v) is 10.2. The Kier molecular flexibility index (Phi) is 9.15. The molecule has 5 rings (SSSR count). The molecule has 4 aromatic rings. The molecule has 11 heteroatoms. The standard InChI is InChI=1S/C30H30N4O6S/c1-36-25-17-24-27(18-26(25)37-2)41-30(32-24)33-29(35)28(40-23-7-3-20(19-31)4-8-23)21-5-9-22(10-6-21)39-16-13-34-11-14-38-15-12-34/h3-10,17-18,28H,11-16H2,1-2H3,(H,32,33,35). The van der Waals surface area contributed by atoms with E-state index in [2.05, 4.69) is 21.3 Å². The Hall–Kier alpha value is -4.37. The largest absolute Gasteiger partial charge is 0.493 e. The molecular formula is C30H30N4O6S. The number of hydrogen-bond acceptors (Lipinski definition) is 10. The first-order valence-electron chi connectivity index (χ1n) is 13.1. The Morgan fingerprint density at radius 2 is 1.73 bits per heavy atom. The quantitative estimate of drug-likeness (QED) is 0.273. The predicted molar refractivity (Wildman–Crippen MR) is 155 cm³/mol. The minimum Gasteiger partial charge on any atom is -0.493 e. The van der Waals surface area contributed by atoms with E-state index in [9.17, 15) is 4.79 Å². The van der Waals surface area contributed by atoms with Crippen LogP contribution in [0.25, 0.3) is 10.2 Å². The zero-order valence-electron chi connectivity index (χ0n) is 22.8. The van der Waals surface area contributed by atoms with Crippen molar-refractivity contribution < 1.29 is 28.5 Å². The fraction of sp³-hybridized carbons (Fsp3) is 0.300. The summed E-state index contributed by atoms with van der Waals surface area (Å²) in [6.07, 6.45) is -0.985. The average molecular weight is 575 g/mol. The number of benzene rings is 3. The molecule has 41 heavy (non-hydrogen) atoms. The molecule has 1 unspecified atom stereocenters. The summed E-state index contributed by atoms with van der Waals surface area (Å²) in [5.41, 5.74) is 1.81. The summed E-state index contributed by atoms with van der Waals surface area (Å²) in [5.74, 6) is 1.89. The zero-order chi connectivity index (χ0) is 28.6. The third kappa shape index (κ3) is 7.05. The van der Waals surface area contributed by atoms with E-state index in [1.165, 1.54) is 11.3 Å². The molecule has 212 valence electrons. The van der Waals surface area contributed by atoms with Gasteiger partial charge in [-0.05, 0) is 36.4 Å². The number of methoxy groups -OCH3 is 2. The predicted octanol–water partition coefficient (Wildman–Crippen LogP) is 4.65. The number of morpholine rings is 1. The molecule has 1 saturated heterocycles. The summed E-state index contributed by atoms with van der Waals surface area (Å²) >= 11 is 1.32. The number of nitrogens with zero attached hydrogens (tertiary/aromatic N) is 3. The minimum atomic E-state index is -0.985. The van der Waals surface area contributed by atoms with Crippen LogP contribution in [0.3, 0.4) is 0 Å². The van der Waals surface area contributed by atoms with E-state index in [0.717, 1.165) is 37.5 Å². The summed E-state index contributed by atoms with van der Waals surface area (Å²) in [5, 5.41) is 12.4. The van der Waals surface area contributed by atoms with Crippen LogP contribution in [0.5, 0.6) is 23.0 Å². The molecule has 0 aliphatic carbocycles. The van der Waals surface area contributed by atoms with Crippen LogP contribution in [-0.2, 0) is 9.53 Å². The van der Waals surface area contributed by atoms with Crippen molar-refractivity contribution in [2.24, 2.45) is 0 Å². The molecule has 1 atom stereocenters. The van der Waals surface area contributed by atoms with Gasteiger partial charge in [-0.15, -0.1) is 0 Å². The maximum Gasteiger partial charge on any atom is 0.271 e. The van der Waals surface area contributed by atoms with Crippen molar-refractivity contribution in [3.8, 4) is 29.1 Å². The SMILES string of the molecule is COc1cc2nc(NC(=O)C(Oc3ccc(C#N)cc3)c3ccc(OCCN4CCOCC4)cc3)sc2cc1OC. The van der Waals surface area contributed by atoms with E-state index in [1.54, 1.807) is 44.6 Å². The van der Waals surface area contributed by atoms with Gasteiger partial charge in [0, 0.05) is 37.3 Å². The number of fused-ring (bicyclic) bond motifs is 1. The first-order valence-corrected chi connectivity index (χ1v) is 13.9. The highest BCUT2D eigenvalue weighted by molar-refractivity contribution is 7.22. The number of hydrogen-bond donors (Lipinski definition) is 1. The van der Waals surface area contributed by atoms with E-state index >= 15 is 0 Å². The number of ether oxygens (including phenoxy) is 5. The highest BCUT2D eigenvalue weighted by Gasteiger charge is 2.25. The van der Waals surface area contributed by atoms with Crippen molar-refractivity contribution in [3.63, 3.8) is 0 Å². The third-order valence-electron chi connectivity index (χ3n) is 6.56. The summed E-state index contributed by atoms with van der Waals surface area (Å²) in [6.45, 7) is 4.67. The van der Waals surface area contributed by atoms with Gasteiger partial charge < -0.3 is 23.7 Å². The highest BCUT2D eigenvalue weighted by Crippen LogP contribution is 2.36. The number of nitriles is 1. The number of carbonyl (C=O) groups excluding carboxylic acids is 1. The van der Waals surface area contributed by atoms with Gasteiger partial charge in [-0.2, -0.15) is 5.26 Å². The third-order valence-corrected chi connectivity index (χ3v) is 7.50. The summed E-state index contributed by atoms with van der Waals surface area (Å²) in [4.78, 5) is 20.4. The summed E-state index contributed by atoms with van der Waals surface area (Å²) in [7, 11) is 3.13. The molecule has 1 aliphatic rings. The van der Waals surface area contributed by atoms with Gasteiger partial charge >= 0.3 is 0 Å². The van der Waals surface area contributed by atoms with Crippen LogP contribution in [-0.4, -0.2) is 69.5 Å². The topological polar surface area (TPSA) is 115 Å². The number of thiazole rings is 1. The van der Waals surface area contributed by atoms with Crippen LogP contribution in [0.2, 0.25) is 0 Å². The van der Waals surface area contributed by atoms with Crippen LogP contribution in [0, 0.1) is 11.3 Å². The minimum absolute atomic E-state index is 0.395. The van der Waals surface area contributed by atoms with E-state index < -0.39 is 12.0 Å². The zero-order valence-corrected chi connectivity index (χ0v) is 23.6.